The van der Waals surface area contributed by atoms with Crippen molar-refractivity contribution in [3.05, 3.63) is 77.1 Å². The lowest BCUT2D eigenvalue weighted by atomic mass is 10.1. The van der Waals surface area contributed by atoms with Crippen molar-refractivity contribution >= 4 is 12.0 Å². The van der Waals surface area contributed by atoms with Crippen LogP contribution < -0.4 is 5.32 Å². The molecule has 2 nitrogen and oxygen atoms in total. The van der Waals surface area contributed by atoms with Crippen LogP contribution in [0, 0.1) is 12.7 Å². The van der Waals surface area contributed by atoms with E-state index in [1.807, 2.05) is 37.3 Å². The maximum atomic E-state index is 13.0. The summed E-state index contributed by atoms with van der Waals surface area (Å²) in [5.41, 5.74) is 3.02. The number of rotatable bonds is 5. The molecule has 0 aliphatic rings. The van der Waals surface area contributed by atoms with E-state index in [1.54, 1.807) is 12.1 Å². The van der Waals surface area contributed by atoms with E-state index < -0.39 is 0 Å². The number of amides is 1. The van der Waals surface area contributed by atoms with Crippen LogP contribution in [-0.2, 0) is 11.2 Å². The van der Waals surface area contributed by atoms with Crippen molar-refractivity contribution in [3.63, 3.8) is 0 Å². The van der Waals surface area contributed by atoms with Gasteiger partial charge < -0.3 is 5.32 Å². The highest BCUT2D eigenvalue weighted by Crippen LogP contribution is 2.06. The number of carbonyl (C=O) groups is 1. The van der Waals surface area contributed by atoms with Crippen molar-refractivity contribution in [2.45, 2.75) is 13.3 Å². The largest absolute Gasteiger partial charge is 0.352 e. The van der Waals surface area contributed by atoms with E-state index in [1.165, 1.54) is 18.2 Å². The van der Waals surface area contributed by atoms with Gasteiger partial charge in [-0.25, -0.2) is 4.39 Å². The molecule has 1 amide bonds. The van der Waals surface area contributed by atoms with Crippen LogP contribution in [0.15, 0.2) is 54.6 Å². The predicted molar refractivity (Wildman–Crippen MR) is 83.3 cm³/mol. The average Bonchev–Trinajstić information content (AvgIpc) is 2.45. The van der Waals surface area contributed by atoms with Gasteiger partial charge in [0.05, 0.1) is 0 Å². The highest BCUT2D eigenvalue weighted by molar-refractivity contribution is 5.91. The van der Waals surface area contributed by atoms with Gasteiger partial charge >= 0.3 is 0 Å². The molecule has 108 valence electrons. The van der Waals surface area contributed by atoms with Crippen molar-refractivity contribution in [3.8, 4) is 0 Å². The van der Waals surface area contributed by atoms with E-state index in [-0.39, 0.29) is 11.7 Å². The first-order chi connectivity index (χ1) is 10.1. The van der Waals surface area contributed by atoms with Gasteiger partial charge in [0.1, 0.15) is 5.82 Å². The van der Waals surface area contributed by atoms with Gasteiger partial charge in [-0.3, -0.25) is 4.79 Å². The minimum atomic E-state index is -0.252. The second kappa shape index (κ2) is 7.39. The molecule has 1 N–H and O–H groups in total. The minimum Gasteiger partial charge on any atom is -0.352 e. The van der Waals surface area contributed by atoms with Gasteiger partial charge in [0.15, 0.2) is 0 Å². The van der Waals surface area contributed by atoms with Crippen molar-refractivity contribution in [1.29, 1.82) is 0 Å². The summed E-state index contributed by atoms with van der Waals surface area (Å²) in [5.74, 6) is -0.397. The van der Waals surface area contributed by atoms with E-state index >= 15 is 0 Å². The quantitative estimate of drug-likeness (QED) is 0.836. The van der Waals surface area contributed by atoms with Crippen LogP contribution in [0.5, 0.6) is 0 Å². The zero-order chi connectivity index (χ0) is 15.1. The molecule has 0 atom stereocenters. The van der Waals surface area contributed by atoms with E-state index in [9.17, 15) is 9.18 Å². The maximum Gasteiger partial charge on any atom is 0.244 e. The van der Waals surface area contributed by atoms with Crippen molar-refractivity contribution < 1.29 is 9.18 Å². The Bertz CT molecular complexity index is 649. The van der Waals surface area contributed by atoms with E-state index in [2.05, 4.69) is 5.32 Å². The van der Waals surface area contributed by atoms with Gasteiger partial charge in [0.25, 0.3) is 0 Å². The fourth-order valence-corrected chi connectivity index (χ4v) is 2.03. The molecule has 2 aromatic carbocycles. The minimum absolute atomic E-state index is 0.145. The first-order valence-corrected chi connectivity index (χ1v) is 6.90. The van der Waals surface area contributed by atoms with E-state index in [4.69, 9.17) is 0 Å². The third kappa shape index (κ3) is 5.22. The zero-order valence-corrected chi connectivity index (χ0v) is 12.0. The summed E-state index contributed by atoms with van der Waals surface area (Å²) in [4.78, 5) is 11.7. The first kappa shape index (κ1) is 15.0. The standard InChI is InChI=1S/C18H18FNO/c1-14-4-2-5-15(12-14)8-9-18(21)20-11-10-16-6-3-7-17(19)13-16/h2-9,12-13H,10-11H2,1H3,(H,20,21)/b9-8+. The van der Waals surface area contributed by atoms with Gasteiger partial charge in [-0.2, -0.15) is 0 Å². The van der Waals surface area contributed by atoms with Gasteiger partial charge in [-0.15, -0.1) is 0 Å². The monoisotopic (exact) mass is 283 g/mol. The molecule has 0 saturated carbocycles. The van der Waals surface area contributed by atoms with Crippen molar-refractivity contribution in [2.75, 3.05) is 6.54 Å². The fourth-order valence-electron chi connectivity index (χ4n) is 2.03. The molecular weight excluding hydrogens is 265 g/mol. The maximum absolute atomic E-state index is 13.0. The Morgan fingerprint density at radius 1 is 1.19 bits per heavy atom. The van der Waals surface area contributed by atoms with Crippen molar-refractivity contribution in [1.82, 2.24) is 5.32 Å². The summed E-state index contributed by atoms with van der Waals surface area (Å²) >= 11 is 0. The average molecular weight is 283 g/mol. The van der Waals surface area contributed by atoms with Crippen LogP contribution in [0.3, 0.4) is 0 Å². The first-order valence-electron chi connectivity index (χ1n) is 6.90. The Morgan fingerprint density at radius 2 is 2.00 bits per heavy atom. The molecule has 0 bridgehead atoms. The zero-order valence-electron chi connectivity index (χ0n) is 12.0. The van der Waals surface area contributed by atoms with Crippen molar-refractivity contribution in [2.24, 2.45) is 0 Å². The van der Waals surface area contributed by atoms with Gasteiger partial charge in [0.2, 0.25) is 5.91 Å². The summed E-state index contributed by atoms with van der Waals surface area (Å²) in [7, 11) is 0. The smallest absolute Gasteiger partial charge is 0.244 e. The van der Waals surface area contributed by atoms with Crippen LogP contribution in [0.25, 0.3) is 6.08 Å². The number of nitrogens with one attached hydrogen (secondary N) is 1. The molecule has 0 aliphatic carbocycles. The van der Waals surface area contributed by atoms with Crippen LogP contribution >= 0.6 is 0 Å². The number of halogens is 1. The lowest BCUT2D eigenvalue weighted by molar-refractivity contribution is -0.116. The number of aryl methyl sites for hydroxylation is 1. The normalized spacial score (nSPS) is 10.8. The second-order valence-electron chi connectivity index (χ2n) is 4.92. The second-order valence-corrected chi connectivity index (χ2v) is 4.92. The van der Waals surface area contributed by atoms with Crippen LogP contribution in [0.1, 0.15) is 16.7 Å². The topological polar surface area (TPSA) is 29.1 Å². The molecule has 0 fully saturated rings. The summed E-state index contributed by atoms with van der Waals surface area (Å²) < 4.78 is 13.0. The summed E-state index contributed by atoms with van der Waals surface area (Å²) in [6.45, 7) is 2.50. The molecule has 0 saturated heterocycles. The van der Waals surface area contributed by atoms with Gasteiger partial charge in [-0.05, 0) is 42.7 Å². The number of benzene rings is 2. The van der Waals surface area contributed by atoms with Gasteiger partial charge in [-0.1, -0.05) is 42.0 Å². The Labute approximate surface area is 124 Å². The highest BCUT2D eigenvalue weighted by atomic mass is 19.1. The van der Waals surface area contributed by atoms with Gasteiger partial charge in [0, 0.05) is 12.6 Å². The SMILES string of the molecule is Cc1cccc(/C=C/C(=O)NCCc2cccc(F)c2)c1. The number of carbonyl (C=O) groups excluding carboxylic acids is 1. The summed E-state index contributed by atoms with van der Waals surface area (Å²) in [6, 6.07) is 14.3. The predicted octanol–water partition coefficient (Wildman–Crippen LogP) is 3.51. The molecule has 0 radical (unpaired) electrons. The van der Waals surface area contributed by atoms with E-state index in [0.717, 1.165) is 16.7 Å². The molecule has 0 aromatic heterocycles. The molecule has 2 aromatic rings. The lowest BCUT2D eigenvalue weighted by Gasteiger charge is -2.03. The number of hydrogen-bond acceptors (Lipinski definition) is 1. The number of hydrogen-bond donors (Lipinski definition) is 1. The molecule has 0 unspecified atom stereocenters. The Kier molecular flexibility index (Phi) is 5.27. The Hall–Kier alpha value is -2.42. The Balaban J connectivity index is 1.80. The molecule has 2 rings (SSSR count). The molecule has 0 aliphatic heterocycles. The Morgan fingerprint density at radius 3 is 2.76 bits per heavy atom. The molecule has 0 heterocycles. The lowest BCUT2D eigenvalue weighted by Crippen LogP contribution is -2.23. The van der Waals surface area contributed by atoms with Crippen LogP contribution in [0.4, 0.5) is 4.39 Å². The highest BCUT2D eigenvalue weighted by Gasteiger charge is 1.98. The van der Waals surface area contributed by atoms with Crippen LogP contribution in [-0.4, -0.2) is 12.5 Å². The molecular formula is C18H18FNO. The molecule has 21 heavy (non-hydrogen) atoms. The summed E-state index contributed by atoms with van der Waals surface area (Å²) in [5, 5.41) is 2.79. The van der Waals surface area contributed by atoms with Crippen LogP contribution in [0.2, 0.25) is 0 Å². The molecule has 3 heteroatoms. The third-order valence-corrected chi connectivity index (χ3v) is 3.07. The van der Waals surface area contributed by atoms with E-state index in [0.29, 0.717) is 13.0 Å². The fraction of sp³-hybridized carbons (Fsp3) is 0.167. The summed E-state index contributed by atoms with van der Waals surface area (Å²) in [6.07, 6.45) is 3.91. The third-order valence-electron chi connectivity index (χ3n) is 3.07. The molecule has 0 spiro atoms.